The van der Waals surface area contributed by atoms with Gasteiger partial charge >= 0.3 is 0 Å². The van der Waals surface area contributed by atoms with Gasteiger partial charge in [0.05, 0.1) is 14.2 Å². The normalized spacial score (nSPS) is 15.0. The summed E-state index contributed by atoms with van der Waals surface area (Å²) in [5.41, 5.74) is 4.03. The van der Waals surface area contributed by atoms with Gasteiger partial charge in [-0.3, -0.25) is 4.79 Å². The van der Waals surface area contributed by atoms with Crippen LogP contribution in [0.25, 0.3) is 0 Å². The van der Waals surface area contributed by atoms with E-state index in [2.05, 4.69) is 10.5 Å². The van der Waals surface area contributed by atoms with Crippen molar-refractivity contribution in [3.8, 4) is 11.5 Å². The van der Waals surface area contributed by atoms with E-state index < -0.39 is 0 Å². The lowest BCUT2D eigenvalue weighted by molar-refractivity contribution is 0.0954. The lowest BCUT2D eigenvalue weighted by Crippen LogP contribution is -2.19. The van der Waals surface area contributed by atoms with Gasteiger partial charge in [-0.05, 0) is 43.9 Å². The van der Waals surface area contributed by atoms with Gasteiger partial charge in [-0.1, -0.05) is 0 Å². The molecule has 1 aliphatic carbocycles. The number of nitrogens with one attached hydrogen (secondary N) is 1. The molecule has 2 rings (SSSR count). The molecule has 0 radical (unpaired) electrons. The molecule has 0 saturated heterocycles. The van der Waals surface area contributed by atoms with Gasteiger partial charge in [0.15, 0.2) is 11.5 Å². The molecular formula is C14H18N2O3. The Labute approximate surface area is 112 Å². The fourth-order valence-corrected chi connectivity index (χ4v) is 1.77. The summed E-state index contributed by atoms with van der Waals surface area (Å²) in [6, 6.07) is 5.01. The number of amides is 1. The first-order chi connectivity index (χ1) is 9.15. The molecule has 0 spiro atoms. The smallest absolute Gasteiger partial charge is 0.271 e. The summed E-state index contributed by atoms with van der Waals surface area (Å²) in [5.74, 6) is 1.42. The number of carbonyl (C=O) groups is 1. The highest BCUT2D eigenvalue weighted by molar-refractivity contribution is 5.96. The molecule has 1 aliphatic rings. The second kappa shape index (κ2) is 5.73. The minimum absolute atomic E-state index is 0.249. The lowest BCUT2D eigenvalue weighted by Gasteiger charge is -2.08. The van der Waals surface area contributed by atoms with Crippen molar-refractivity contribution >= 4 is 11.6 Å². The van der Waals surface area contributed by atoms with Crippen molar-refractivity contribution in [2.24, 2.45) is 11.0 Å². The van der Waals surface area contributed by atoms with E-state index in [-0.39, 0.29) is 5.91 Å². The quantitative estimate of drug-likeness (QED) is 0.654. The minimum Gasteiger partial charge on any atom is -0.493 e. The van der Waals surface area contributed by atoms with Crippen LogP contribution in [0.5, 0.6) is 11.5 Å². The number of hydrogen-bond acceptors (Lipinski definition) is 4. The van der Waals surface area contributed by atoms with Crippen LogP contribution in [0.2, 0.25) is 0 Å². The third kappa shape index (κ3) is 3.24. The first kappa shape index (κ1) is 13.4. The molecule has 1 N–H and O–H groups in total. The Morgan fingerprint density at radius 1 is 1.26 bits per heavy atom. The van der Waals surface area contributed by atoms with E-state index in [0.717, 1.165) is 5.71 Å². The fourth-order valence-electron chi connectivity index (χ4n) is 1.77. The lowest BCUT2D eigenvalue weighted by atomic mass is 10.2. The van der Waals surface area contributed by atoms with Gasteiger partial charge in [-0.25, -0.2) is 5.43 Å². The number of carbonyl (C=O) groups excluding carboxylic acids is 1. The average Bonchev–Trinajstić information content (AvgIpc) is 3.28. The molecule has 1 saturated carbocycles. The molecule has 1 aromatic carbocycles. The summed E-state index contributed by atoms with van der Waals surface area (Å²) in [6.07, 6.45) is 2.34. The van der Waals surface area contributed by atoms with Crippen LogP contribution < -0.4 is 14.9 Å². The van der Waals surface area contributed by atoms with Crippen molar-refractivity contribution in [1.82, 2.24) is 5.43 Å². The van der Waals surface area contributed by atoms with Crippen LogP contribution in [0.1, 0.15) is 30.1 Å². The third-order valence-corrected chi connectivity index (χ3v) is 3.15. The molecule has 0 atom stereocenters. The highest BCUT2D eigenvalue weighted by Crippen LogP contribution is 2.30. The Morgan fingerprint density at radius 3 is 2.53 bits per heavy atom. The van der Waals surface area contributed by atoms with Crippen LogP contribution in [0, 0.1) is 5.92 Å². The third-order valence-electron chi connectivity index (χ3n) is 3.15. The Kier molecular flexibility index (Phi) is 4.04. The van der Waals surface area contributed by atoms with Crippen molar-refractivity contribution in [1.29, 1.82) is 0 Å². The molecule has 19 heavy (non-hydrogen) atoms. The van der Waals surface area contributed by atoms with E-state index in [4.69, 9.17) is 9.47 Å². The fraction of sp³-hybridized carbons (Fsp3) is 0.429. The number of benzene rings is 1. The molecule has 102 valence electrons. The predicted octanol–water partition coefficient (Wildman–Crippen LogP) is 2.22. The Balaban J connectivity index is 2.08. The van der Waals surface area contributed by atoms with E-state index in [1.807, 2.05) is 6.92 Å². The zero-order valence-electron chi connectivity index (χ0n) is 11.4. The van der Waals surface area contributed by atoms with E-state index in [0.29, 0.717) is 23.0 Å². The van der Waals surface area contributed by atoms with Gasteiger partial charge in [0.2, 0.25) is 0 Å². The van der Waals surface area contributed by atoms with E-state index in [1.165, 1.54) is 20.0 Å². The molecule has 0 heterocycles. The van der Waals surface area contributed by atoms with Crippen molar-refractivity contribution < 1.29 is 14.3 Å². The maximum atomic E-state index is 11.9. The molecule has 0 aliphatic heterocycles. The number of rotatable bonds is 5. The zero-order chi connectivity index (χ0) is 13.8. The number of methoxy groups -OCH3 is 2. The van der Waals surface area contributed by atoms with Crippen molar-refractivity contribution in [2.75, 3.05) is 14.2 Å². The summed E-state index contributed by atoms with van der Waals surface area (Å²) < 4.78 is 10.3. The van der Waals surface area contributed by atoms with Crippen molar-refractivity contribution in [2.45, 2.75) is 19.8 Å². The van der Waals surface area contributed by atoms with Gasteiger partial charge in [0.1, 0.15) is 0 Å². The SMILES string of the molecule is COc1ccc(C(=O)N/N=C(\C)C2CC2)cc1OC. The largest absolute Gasteiger partial charge is 0.493 e. The summed E-state index contributed by atoms with van der Waals surface area (Å²) in [7, 11) is 3.09. The van der Waals surface area contributed by atoms with Crippen LogP contribution in [0.3, 0.4) is 0 Å². The predicted molar refractivity (Wildman–Crippen MR) is 72.8 cm³/mol. The molecule has 1 aromatic rings. The first-order valence-electron chi connectivity index (χ1n) is 6.22. The monoisotopic (exact) mass is 262 g/mol. The Hall–Kier alpha value is -2.04. The van der Waals surface area contributed by atoms with Gasteiger partial charge in [-0.2, -0.15) is 5.10 Å². The van der Waals surface area contributed by atoms with Crippen LogP contribution in [0.4, 0.5) is 0 Å². The standard InChI is InChI=1S/C14H18N2O3/c1-9(10-4-5-10)15-16-14(17)11-6-7-12(18-2)13(8-11)19-3/h6-8,10H,4-5H2,1-3H3,(H,16,17)/b15-9+. The average molecular weight is 262 g/mol. The van der Waals surface area contributed by atoms with Crippen LogP contribution in [-0.2, 0) is 0 Å². The van der Waals surface area contributed by atoms with Crippen molar-refractivity contribution in [3.63, 3.8) is 0 Å². The molecule has 0 bridgehead atoms. The van der Waals surface area contributed by atoms with E-state index in [1.54, 1.807) is 25.3 Å². The van der Waals surface area contributed by atoms with Crippen LogP contribution >= 0.6 is 0 Å². The van der Waals surface area contributed by atoms with Crippen LogP contribution in [0.15, 0.2) is 23.3 Å². The minimum atomic E-state index is -0.249. The summed E-state index contributed by atoms with van der Waals surface area (Å²) in [6.45, 7) is 1.94. The topological polar surface area (TPSA) is 59.9 Å². The second-order valence-electron chi connectivity index (χ2n) is 4.54. The Bertz CT molecular complexity index is 507. The van der Waals surface area contributed by atoms with Crippen molar-refractivity contribution in [3.05, 3.63) is 23.8 Å². The maximum Gasteiger partial charge on any atom is 0.271 e. The second-order valence-corrected chi connectivity index (χ2v) is 4.54. The molecule has 0 unspecified atom stereocenters. The molecule has 5 nitrogen and oxygen atoms in total. The number of hydrogen-bond donors (Lipinski definition) is 1. The molecule has 0 aromatic heterocycles. The van der Waals surface area contributed by atoms with E-state index in [9.17, 15) is 4.79 Å². The zero-order valence-corrected chi connectivity index (χ0v) is 11.4. The first-order valence-corrected chi connectivity index (χ1v) is 6.22. The highest BCUT2D eigenvalue weighted by Gasteiger charge is 2.24. The van der Waals surface area contributed by atoms with Gasteiger partial charge in [0, 0.05) is 11.3 Å². The number of ether oxygens (including phenoxy) is 2. The van der Waals surface area contributed by atoms with Crippen LogP contribution in [-0.4, -0.2) is 25.8 Å². The molecule has 5 heteroatoms. The van der Waals surface area contributed by atoms with Gasteiger partial charge < -0.3 is 9.47 Å². The summed E-state index contributed by atoms with van der Waals surface area (Å²) >= 11 is 0. The van der Waals surface area contributed by atoms with Gasteiger partial charge in [-0.15, -0.1) is 0 Å². The Morgan fingerprint density at radius 2 is 1.95 bits per heavy atom. The summed E-state index contributed by atoms with van der Waals surface area (Å²) in [5, 5.41) is 4.11. The van der Waals surface area contributed by atoms with Gasteiger partial charge in [0.25, 0.3) is 5.91 Å². The van der Waals surface area contributed by atoms with E-state index >= 15 is 0 Å². The maximum absolute atomic E-state index is 11.9. The molecule has 1 amide bonds. The number of nitrogens with zero attached hydrogens (tertiary/aromatic N) is 1. The number of hydrazone groups is 1. The summed E-state index contributed by atoms with van der Waals surface area (Å²) in [4.78, 5) is 11.9. The molecule has 1 fully saturated rings. The molecular weight excluding hydrogens is 244 g/mol. The highest BCUT2D eigenvalue weighted by atomic mass is 16.5.